The Morgan fingerprint density at radius 2 is 1.89 bits per heavy atom. The molecule has 0 bridgehead atoms. The van der Waals surface area contributed by atoms with Crippen LogP contribution in [0.5, 0.6) is 0 Å². The molecule has 0 aliphatic heterocycles. The van der Waals surface area contributed by atoms with E-state index in [9.17, 15) is 4.79 Å². The van der Waals surface area contributed by atoms with Gasteiger partial charge in [-0.2, -0.15) is 0 Å². The molecular weight excluding hydrogens is 128 g/mol. The fourth-order valence-corrected chi connectivity index (χ4v) is 0.239. The van der Waals surface area contributed by atoms with Gasteiger partial charge in [0.05, 0.1) is 0 Å². The predicted octanol–water partition coefficient (Wildman–Crippen LogP) is -0.102. The topological polar surface area (TPSA) is 84.2 Å². The molecule has 0 aromatic carbocycles. The first kappa shape index (κ1) is 8.15. The van der Waals surface area contributed by atoms with Gasteiger partial charge < -0.3 is 0 Å². The Balaban J connectivity index is 3.73. The van der Waals surface area contributed by atoms with Crippen LogP contribution < -0.4 is 0 Å². The van der Waals surface area contributed by atoms with Gasteiger partial charge in [-0.05, 0) is 6.92 Å². The van der Waals surface area contributed by atoms with E-state index < -0.39 is 11.3 Å². The maximum atomic E-state index is 10.2. The summed E-state index contributed by atoms with van der Waals surface area (Å²) >= 11 is 0. The van der Waals surface area contributed by atoms with Crippen LogP contribution in [-0.2, 0) is 0 Å². The summed E-state index contributed by atoms with van der Waals surface area (Å²) in [6.07, 6.45) is 0. The van der Waals surface area contributed by atoms with Gasteiger partial charge in [-0.25, -0.2) is 9.86 Å². The first-order valence-electron chi connectivity index (χ1n) is 2.27. The fraction of sp³-hybridized carbons (Fsp3) is 0.667. The average molecular weight is 136 g/mol. The van der Waals surface area contributed by atoms with Crippen molar-refractivity contribution >= 4 is 6.03 Å². The quantitative estimate of drug-likeness (QED) is 0.347. The second-order valence-corrected chi connectivity index (χ2v) is 1.29. The minimum absolute atomic E-state index is 0.00352. The van der Waals surface area contributed by atoms with E-state index in [1.807, 2.05) is 0 Å². The third kappa shape index (κ3) is 2.27. The Hall–Kier alpha value is -0.850. The standard InChI is InChI=1S/C3H8N2O4/c1-2-4(7)3(6)5(8)9/h7-9H,2H2,1H3. The highest BCUT2D eigenvalue weighted by atomic mass is 16.8. The number of carbonyl (C=O) groups is 1. The summed E-state index contributed by atoms with van der Waals surface area (Å²) in [7, 11) is 0. The molecule has 2 amide bonds. The molecule has 0 rings (SSSR count). The molecule has 0 aliphatic rings. The second-order valence-electron chi connectivity index (χ2n) is 1.29. The van der Waals surface area contributed by atoms with Crippen LogP contribution in [0.3, 0.4) is 0 Å². The largest absolute Gasteiger partial charge is 0.392 e. The Morgan fingerprint density at radius 3 is 2.00 bits per heavy atom. The number of hydrogen-bond acceptors (Lipinski definition) is 4. The van der Waals surface area contributed by atoms with Crippen molar-refractivity contribution < 1.29 is 20.4 Å². The summed E-state index contributed by atoms with van der Waals surface area (Å²) in [5.41, 5.74) is 0. The zero-order chi connectivity index (χ0) is 7.44. The molecule has 9 heavy (non-hydrogen) atoms. The second kappa shape index (κ2) is 3.23. The Kier molecular flexibility index (Phi) is 2.93. The fourth-order valence-electron chi connectivity index (χ4n) is 0.239. The molecule has 0 heterocycles. The van der Waals surface area contributed by atoms with Crippen molar-refractivity contribution in [1.29, 1.82) is 0 Å². The average Bonchev–Trinajstić information content (AvgIpc) is 1.84. The highest BCUT2D eigenvalue weighted by molar-refractivity contribution is 5.70. The molecule has 0 aromatic rings. The maximum Gasteiger partial charge on any atom is 0.392 e. The lowest BCUT2D eigenvalue weighted by Crippen LogP contribution is -2.37. The van der Waals surface area contributed by atoms with Crippen LogP contribution in [0.15, 0.2) is 0 Å². The zero-order valence-corrected chi connectivity index (χ0v) is 4.85. The van der Waals surface area contributed by atoms with Crippen molar-refractivity contribution in [2.24, 2.45) is 0 Å². The van der Waals surface area contributed by atoms with Crippen LogP contribution in [0.1, 0.15) is 6.92 Å². The van der Waals surface area contributed by atoms with Crippen LogP contribution in [0.2, 0.25) is 0 Å². The molecule has 0 fully saturated rings. The SMILES string of the molecule is CCN(O)C(=O)N(O)O. The summed E-state index contributed by atoms with van der Waals surface area (Å²) in [5.74, 6) is 0. The van der Waals surface area contributed by atoms with Crippen LogP contribution in [0.4, 0.5) is 4.79 Å². The Morgan fingerprint density at radius 1 is 1.44 bits per heavy atom. The molecule has 0 saturated heterocycles. The zero-order valence-electron chi connectivity index (χ0n) is 4.85. The summed E-state index contributed by atoms with van der Waals surface area (Å²) in [6, 6.07) is -1.28. The number of amides is 2. The van der Waals surface area contributed by atoms with E-state index in [0.717, 1.165) is 0 Å². The number of urea groups is 1. The van der Waals surface area contributed by atoms with Crippen LogP contribution >= 0.6 is 0 Å². The molecule has 3 N–H and O–H groups in total. The molecule has 0 aliphatic carbocycles. The van der Waals surface area contributed by atoms with Crippen LogP contribution in [0, 0.1) is 0 Å². The maximum absolute atomic E-state index is 10.2. The van der Waals surface area contributed by atoms with E-state index in [2.05, 4.69) is 0 Å². The van der Waals surface area contributed by atoms with E-state index in [4.69, 9.17) is 15.6 Å². The van der Waals surface area contributed by atoms with E-state index in [1.54, 1.807) is 0 Å². The lowest BCUT2D eigenvalue weighted by Gasteiger charge is -2.13. The first-order chi connectivity index (χ1) is 4.09. The molecular formula is C3H8N2O4. The Bertz CT molecular complexity index is 104. The monoisotopic (exact) mass is 136 g/mol. The normalized spacial score (nSPS) is 8.89. The summed E-state index contributed by atoms with van der Waals surface area (Å²) < 4.78 is 0. The molecule has 0 atom stereocenters. The minimum atomic E-state index is -1.28. The molecule has 0 unspecified atom stereocenters. The van der Waals surface area contributed by atoms with Crippen LogP contribution in [-0.4, -0.2) is 38.5 Å². The molecule has 0 aromatic heterocycles. The highest BCUT2D eigenvalue weighted by Crippen LogP contribution is 1.86. The number of rotatable bonds is 1. The van der Waals surface area contributed by atoms with Gasteiger partial charge in [-0.3, -0.25) is 15.6 Å². The van der Waals surface area contributed by atoms with Crippen molar-refractivity contribution in [3.63, 3.8) is 0 Å². The van der Waals surface area contributed by atoms with Crippen LogP contribution in [0.25, 0.3) is 0 Å². The van der Waals surface area contributed by atoms with Crippen molar-refractivity contribution in [3.05, 3.63) is 0 Å². The number of nitrogens with zero attached hydrogens (tertiary/aromatic N) is 2. The molecule has 0 spiro atoms. The smallest absolute Gasteiger partial charge is 0.284 e. The van der Waals surface area contributed by atoms with Gasteiger partial charge in [0.15, 0.2) is 0 Å². The van der Waals surface area contributed by atoms with Gasteiger partial charge in [-0.15, -0.1) is 0 Å². The van der Waals surface area contributed by atoms with Gasteiger partial charge in [-0.1, -0.05) is 5.23 Å². The van der Waals surface area contributed by atoms with Crippen molar-refractivity contribution in [2.75, 3.05) is 6.54 Å². The third-order valence-corrected chi connectivity index (χ3v) is 0.691. The molecule has 0 radical (unpaired) electrons. The van der Waals surface area contributed by atoms with Gasteiger partial charge in [0.1, 0.15) is 0 Å². The summed E-state index contributed by atoms with van der Waals surface area (Å²) in [5, 5.41) is 23.8. The van der Waals surface area contributed by atoms with E-state index in [-0.39, 0.29) is 11.6 Å². The lowest BCUT2D eigenvalue weighted by molar-refractivity contribution is -0.276. The van der Waals surface area contributed by atoms with Crippen molar-refractivity contribution in [1.82, 2.24) is 10.3 Å². The number of hydroxylamine groups is 4. The van der Waals surface area contributed by atoms with Gasteiger partial charge in [0.2, 0.25) is 0 Å². The molecule has 0 saturated carbocycles. The van der Waals surface area contributed by atoms with Gasteiger partial charge in [0, 0.05) is 6.54 Å². The lowest BCUT2D eigenvalue weighted by atomic mass is 10.7. The van der Waals surface area contributed by atoms with Gasteiger partial charge >= 0.3 is 6.03 Å². The van der Waals surface area contributed by atoms with E-state index in [0.29, 0.717) is 0 Å². The summed E-state index contributed by atoms with van der Waals surface area (Å²) in [6.45, 7) is 1.47. The molecule has 54 valence electrons. The first-order valence-corrected chi connectivity index (χ1v) is 2.27. The van der Waals surface area contributed by atoms with E-state index >= 15 is 0 Å². The number of hydrogen-bond donors (Lipinski definition) is 3. The highest BCUT2D eigenvalue weighted by Gasteiger charge is 2.12. The Labute approximate surface area is 51.4 Å². The molecule has 6 nitrogen and oxygen atoms in total. The van der Waals surface area contributed by atoms with Gasteiger partial charge in [0.25, 0.3) is 0 Å². The molecule has 6 heteroatoms. The van der Waals surface area contributed by atoms with Crippen molar-refractivity contribution in [2.45, 2.75) is 6.92 Å². The predicted molar refractivity (Wildman–Crippen MR) is 25.0 cm³/mol. The minimum Gasteiger partial charge on any atom is -0.284 e. The number of carbonyl (C=O) groups excluding carboxylic acids is 1. The van der Waals surface area contributed by atoms with E-state index in [1.165, 1.54) is 6.92 Å². The summed E-state index contributed by atoms with van der Waals surface area (Å²) in [4.78, 5) is 10.2. The third-order valence-electron chi connectivity index (χ3n) is 0.691. The van der Waals surface area contributed by atoms with Crippen molar-refractivity contribution in [3.8, 4) is 0 Å².